The van der Waals surface area contributed by atoms with Crippen LogP contribution >= 0.6 is 22.9 Å². The van der Waals surface area contributed by atoms with E-state index in [0.29, 0.717) is 22.6 Å². The van der Waals surface area contributed by atoms with Crippen molar-refractivity contribution in [1.29, 1.82) is 0 Å². The third kappa shape index (κ3) is 4.44. The first-order valence-corrected chi connectivity index (χ1v) is 10.7. The van der Waals surface area contributed by atoms with Crippen molar-refractivity contribution < 1.29 is 4.79 Å². The Balaban J connectivity index is 1.27. The number of aromatic nitrogens is 2. The maximum absolute atomic E-state index is 12.4. The second kappa shape index (κ2) is 8.52. The van der Waals surface area contributed by atoms with Crippen LogP contribution in [0.5, 0.6) is 0 Å². The number of amides is 2. The topological polar surface area (TPSA) is 81.3 Å². The minimum atomic E-state index is -0.196. The molecule has 0 unspecified atom stereocenters. The van der Waals surface area contributed by atoms with E-state index < -0.39 is 0 Å². The number of benzene rings is 1. The van der Waals surface area contributed by atoms with Crippen LogP contribution in [-0.2, 0) is 19.5 Å². The molecule has 1 aliphatic rings. The summed E-state index contributed by atoms with van der Waals surface area (Å²) in [5.74, 6) is 0.475. The van der Waals surface area contributed by atoms with Crippen LogP contribution < -0.4 is 10.9 Å². The van der Waals surface area contributed by atoms with Crippen molar-refractivity contribution in [2.24, 2.45) is 0 Å². The van der Waals surface area contributed by atoms with E-state index >= 15 is 0 Å². The molecule has 2 amide bonds. The number of urea groups is 1. The number of halogens is 1. The fraction of sp³-hybridized carbons (Fsp3) is 0.350. The summed E-state index contributed by atoms with van der Waals surface area (Å²) in [4.78, 5) is 35.4. The second-order valence-corrected chi connectivity index (χ2v) is 8.46. The molecular weight excluding hydrogens is 410 g/mol. The van der Waals surface area contributed by atoms with Crippen molar-refractivity contribution in [1.82, 2.24) is 25.1 Å². The standard InChI is InChI=1S/C20H22ClN5O2S/c1-25(12-17-23-16-6-10-29-18(16)19(27)24-17)20(28)22-7-9-26-8-5-14-13(11-26)3-2-4-15(14)21/h2-4,6,10H,5,7-9,11-12H2,1H3,(H,22,28)(H,23,24,27). The van der Waals surface area contributed by atoms with Gasteiger partial charge < -0.3 is 15.2 Å². The second-order valence-electron chi connectivity index (χ2n) is 7.14. The minimum absolute atomic E-state index is 0.167. The predicted octanol–water partition coefficient (Wildman–Crippen LogP) is 2.84. The van der Waals surface area contributed by atoms with Gasteiger partial charge in [-0.3, -0.25) is 9.69 Å². The SMILES string of the molecule is CN(Cc1nc2ccsc2c(=O)[nH]1)C(=O)NCCN1CCc2c(Cl)cccc2C1. The first-order chi connectivity index (χ1) is 14.0. The number of hydrogen-bond donors (Lipinski definition) is 2. The molecule has 3 heterocycles. The molecule has 1 aliphatic heterocycles. The van der Waals surface area contributed by atoms with Gasteiger partial charge in [-0.25, -0.2) is 9.78 Å². The third-order valence-corrected chi connectivity index (χ3v) is 6.35. The van der Waals surface area contributed by atoms with Crippen LogP contribution in [0.1, 0.15) is 17.0 Å². The minimum Gasteiger partial charge on any atom is -0.337 e. The lowest BCUT2D eigenvalue weighted by Gasteiger charge is -2.29. The summed E-state index contributed by atoms with van der Waals surface area (Å²) >= 11 is 7.62. The molecule has 0 spiro atoms. The number of carbonyl (C=O) groups excluding carboxylic acids is 1. The fourth-order valence-corrected chi connectivity index (χ4v) is 4.58. The van der Waals surface area contributed by atoms with Gasteiger partial charge in [0.25, 0.3) is 5.56 Å². The molecule has 0 fully saturated rings. The Bertz CT molecular complexity index is 1100. The summed E-state index contributed by atoms with van der Waals surface area (Å²) in [6.07, 6.45) is 0.924. The maximum Gasteiger partial charge on any atom is 0.317 e. The largest absolute Gasteiger partial charge is 0.337 e. The normalized spacial score (nSPS) is 14.0. The molecule has 0 radical (unpaired) electrons. The van der Waals surface area contributed by atoms with Crippen molar-refractivity contribution >= 4 is 39.2 Å². The third-order valence-electron chi connectivity index (χ3n) is 5.09. The molecule has 0 bridgehead atoms. The highest BCUT2D eigenvalue weighted by atomic mass is 35.5. The van der Waals surface area contributed by atoms with Crippen molar-refractivity contribution in [2.45, 2.75) is 19.5 Å². The number of fused-ring (bicyclic) bond motifs is 2. The van der Waals surface area contributed by atoms with E-state index in [1.807, 2.05) is 23.6 Å². The van der Waals surface area contributed by atoms with Gasteiger partial charge in [0.1, 0.15) is 10.5 Å². The van der Waals surface area contributed by atoms with E-state index in [1.54, 1.807) is 7.05 Å². The summed E-state index contributed by atoms with van der Waals surface area (Å²) in [6.45, 7) is 3.32. The van der Waals surface area contributed by atoms with Crippen LogP contribution in [0.25, 0.3) is 10.2 Å². The Hall–Kier alpha value is -2.42. The van der Waals surface area contributed by atoms with Gasteiger partial charge in [0.05, 0.1) is 12.1 Å². The molecular formula is C20H22ClN5O2S. The van der Waals surface area contributed by atoms with Crippen LogP contribution in [0, 0.1) is 0 Å². The number of rotatable bonds is 5. The first kappa shape index (κ1) is 19.9. The number of H-pyrrole nitrogens is 1. The molecule has 29 heavy (non-hydrogen) atoms. The Morgan fingerprint density at radius 3 is 3.14 bits per heavy atom. The zero-order chi connectivity index (χ0) is 20.4. The number of thiophene rings is 1. The zero-order valence-electron chi connectivity index (χ0n) is 16.1. The van der Waals surface area contributed by atoms with Crippen LogP contribution in [0.3, 0.4) is 0 Å². The average Bonchev–Trinajstić information content (AvgIpc) is 3.17. The first-order valence-electron chi connectivity index (χ1n) is 9.45. The number of nitrogens with one attached hydrogen (secondary N) is 2. The van der Waals surface area contributed by atoms with Crippen LogP contribution in [0.15, 0.2) is 34.4 Å². The van der Waals surface area contributed by atoms with E-state index in [0.717, 1.165) is 31.1 Å². The summed E-state index contributed by atoms with van der Waals surface area (Å²) in [5.41, 5.74) is 2.98. The maximum atomic E-state index is 12.4. The Kier molecular flexibility index (Phi) is 5.84. The molecule has 152 valence electrons. The summed E-state index contributed by atoms with van der Waals surface area (Å²) < 4.78 is 0.602. The summed E-state index contributed by atoms with van der Waals surface area (Å²) in [7, 11) is 1.69. The van der Waals surface area contributed by atoms with E-state index in [1.165, 1.54) is 27.4 Å². The Morgan fingerprint density at radius 1 is 1.41 bits per heavy atom. The smallest absolute Gasteiger partial charge is 0.317 e. The molecule has 2 N–H and O–H groups in total. The van der Waals surface area contributed by atoms with Gasteiger partial charge in [0, 0.05) is 38.2 Å². The molecule has 9 heteroatoms. The number of aromatic amines is 1. The average molecular weight is 432 g/mol. The van der Waals surface area contributed by atoms with Gasteiger partial charge in [-0.1, -0.05) is 23.7 Å². The molecule has 3 aromatic rings. The molecule has 0 saturated carbocycles. The van der Waals surface area contributed by atoms with Gasteiger partial charge in [-0.2, -0.15) is 0 Å². The summed E-state index contributed by atoms with van der Waals surface area (Å²) in [6, 6.07) is 7.64. The highest BCUT2D eigenvalue weighted by Crippen LogP contribution is 2.25. The highest BCUT2D eigenvalue weighted by molar-refractivity contribution is 7.17. The monoisotopic (exact) mass is 431 g/mol. The Labute approximate surface area is 177 Å². The van der Waals surface area contributed by atoms with E-state index in [9.17, 15) is 9.59 Å². The number of nitrogens with zero attached hydrogens (tertiary/aromatic N) is 3. The molecule has 4 rings (SSSR count). The van der Waals surface area contributed by atoms with E-state index in [2.05, 4.69) is 26.3 Å². The van der Waals surface area contributed by atoms with Gasteiger partial charge in [-0.05, 0) is 35.1 Å². The zero-order valence-corrected chi connectivity index (χ0v) is 17.6. The van der Waals surface area contributed by atoms with Gasteiger partial charge in [0.15, 0.2) is 0 Å². The van der Waals surface area contributed by atoms with Crippen molar-refractivity contribution in [3.8, 4) is 0 Å². The van der Waals surface area contributed by atoms with Crippen molar-refractivity contribution in [3.05, 3.63) is 62.0 Å². The van der Waals surface area contributed by atoms with Gasteiger partial charge >= 0.3 is 6.03 Å². The van der Waals surface area contributed by atoms with Gasteiger partial charge in [0.2, 0.25) is 0 Å². The molecule has 0 saturated heterocycles. The van der Waals surface area contributed by atoms with Crippen LogP contribution in [-0.4, -0.2) is 52.5 Å². The lowest BCUT2D eigenvalue weighted by atomic mass is 10.00. The lowest BCUT2D eigenvalue weighted by molar-refractivity contribution is 0.200. The molecule has 2 aromatic heterocycles. The molecule has 0 atom stereocenters. The molecule has 7 nitrogen and oxygen atoms in total. The molecule has 0 aliphatic carbocycles. The van der Waals surface area contributed by atoms with E-state index in [4.69, 9.17) is 11.6 Å². The van der Waals surface area contributed by atoms with Crippen molar-refractivity contribution in [2.75, 3.05) is 26.7 Å². The highest BCUT2D eigenvalue weighted by Gasteiger charge is 2.18. The summed E-state index contributed by atoms with van der Waals surface area (Å²) in [5, 5.41) is 5.60. The van der Waals surface area contributed by atoms with Crippen LogP contribution in [0.2, 0.25) is 5.02 Å². The number of hydrogen-bond acceptors (Lipinski definition) is 5. The van der Waals surface area contributed by atoms with Crippen LogP contribution in [0.4, 0.5) is 4.79 Å². The van der Waals surface area contributed by atoms with Gasteiger partial charge in [-0.15, -0.1) is 11.3 Å². The Morgan fingerprint density at radius 2 is 2.28 bits per heavy atom. The quantitative estimate of drug-likeness (QED) is 0.650. The van der Waals surface area contributed by atoms with E-state index in [-0.39, 0.29) is 18.1 Å². The predicted molar refractivity (Wildman–Crippen MR) is 116 cm³/mol. The van der Waals surface area contributed by atoms with Crippen molar-refractivity contribution in [3.63, 3.8) is 0 Å². The lowest BCUT2D eigenvalue weighted by Crippen LogP contribution is -2.42. The molecule has 1 aromatic carbocycles. The number of carbonyl (C=O) groups is 1. The fourth-order valence-electron chi connectivity index (χ4n) is 3.56.